The Kier molecular flexibility index (Phi) is 28.5. The number of hydrogen-bond acceptors (Lipinski definition) is 4. The van der Waals surface area contributed by atoms with Gasteiger partial charge in [-0.15, -0.1) is 0 Å². The van der Waals surface area contributed by atoms with Crippen LogP contribution < -0.4 is 5.32 Å². The summed E-state index contributed by atoms with van der Waals surface area (Å²) in [4.78, 5) is 12.3. The van der Waals surface area contributed by atoms with E-state index in [0.29, 0.717) is 6.42 Å². The van der Waals surface area contributed by atoms with Crippen LogP contribution in [0.4, 0.5) is 0 Å². The van der Waals surface area contributed by atoms with Gasteiger partial charge in [-0.1, -0.05) is 140 Å². The van der Waals surface area contributed by atoms with Crippen molar-refractivity contribution < 1.29 is 20.1 Å². The minimum atomic E-state index is -1.10. The summed E-state index contributed by atoms with van der Waals surface area (Å²) >= 11 is 0. The Morgan fingerprint density at radius 2 is 1.05 bits per heavy atom. The van der Waals surface area contributed by atoms with Crippen molar-refractivity contribution in [3.63, 3.8) is 0 Å². The Balaban J connectivity index is 3.88. The van der Waals surface area contributed by atoms with Crippen molar-refractivity contribution >= 4 is 5.91 Å². The second-order valence-electron chi connectivity index (χ2n) is 11.0. The highest BCUT2D eigenvalue weighted by Crippen LogP contribution is 2.12. The fourth-order valence-corrected chi connectivity index (χ4v) is 4.57. The van der Waals surface area contributed by atoms with Gasteiger partial charge in [0, 0.05) is 0 Å². The number of carbonyl (C=O) groups is 1. The topological polar surface area (TPSA) is 89.8 Å². The lowest BCUT2D eigenvalue weighted by Crippen LogP contribution is -2.48. The molecule has 0 aliphatic carbocycles. The monoisotopic (exact) mass is 549 g/mol. The quantitative estimate of drug-likeness (QED) is 0.0586. The molecule has 0 heterocycles. The van der Waals surface area contributed by atoms with E-state index in [-0.39, 0.29) is 6.61 Å². The lowest BCUT2D eigenvalue weighted by molar-refractivity contribution is -0.131. The van der Waals surface area contributed by atoms with Crippen molar-refractivity contribution in [2.75, 3.05) is 6.61 Å². The third kappa shape index (κ3) is 25.3. The van der Waals surface area contributed by atoms with E-state index in [1.807, 2.05) is 6.08 Å². The Hall–Kier alpha value is -1.43. The van der Waals surface area contributed by atoms with E-state index in [2.05, 4.69) is 43.5 Å². The second kappa shape index (κ2) is 29.6. The van der Waals surface area contributed by atoms with E-state index in [0.717, 1.165) is 44.9 Å². The molecule has 3 atom stereocenters. The van der Waals surface area contributed by atoms with Crippen molar-refractivity contribution in [1.82, 2.24) is 5.32 Å². The minimum absolute atomic E-state index is 0.381. The number of aliphatic hydroxyl groups excluding tert-OH is 3. The number of aliphatic hydroxyl groups is 3. The summed E-state index contributed by atoms with van der Waals surface area (Å²) < 4.78 is 0. The van der Waals surface area contributed by atoms with Crippen LogP contribution in [0.5, 0.6) is 0 Å². The minimum Gasteiger partial charge on any atom is -0.394 e. The average molecular weight is 550 g/mol. The molecule has 0 spiro atoms. The maximum absolute atomic E-state index is 12.3. The molecule has 0 saturated heterocycles. The molecule has 0 aliphatic rings. The molecule has 0 rings (SSSR count). The van der Waals surface area contributed by atoms with Crippen molar-refractivity contribution in [1.29, 1.82) is 0 Å². The molecule has 5 nitrogen and oxygen atoms in total. The zero-order valence-corrected chi connectivity index (χ0v) is 25.5. The second-order valence-corrected chi connectivity index (χ2v) is 11.0. The highest BCUT2D eigenvalue weighted by atomic mass is 16.3. The number of amides is 1. The molecule has 39 heavy (non-hydrogen) atoms. The van der Waals surface area contributed by atoms with Crippen LogP contribution in [0.1, 0.15) is 149 Å². The van der Waals surface area contributed by atoms with E-state index in [9.17, 15) is 20.1 Å². The van der Waals surface area contributed by atoms with E-state index < -0.39 is 24.2 Å². The molecule has 228 valence electrons. The number of nitrogens with one attached hydrogen (secondary N) is 1. The number of hydrogen-bond donors (Lipinski definition) is 4. The molecule has 0 aromatic carbocycles. The fraction of sp³-hybridized carbons (Fsp3) is 0.794. The summed E-state index contributed by atoms with van der Waals surface area (Å²) in [6.45, 7) is 4.09. The largest absolute Gasteiger partial charge is 0.394 e. The molecule has 0 aromatic heterocycles. The zero-order chi connectivity index (χ0) is 28.8. The molecule has 0 saturated carbocycles. The molecule has 0 radical (unpaired) electrons. The SMILES string of the molecule is CCCCCCCCC/C=C/CC/C=C/CC/C=C/C(O)C(CO)NC(=O)C(O)CCCCCCCCCC. The van der Waals surface area contributed by atoms with Gasteiger partial charge in [0.15, 0.2) is 0 Å². The summed E-state index contributed by atoms with van der Waals surface area (Å²) in [7, 11) is 0. The van der Waals surface area contributed by atoms with Crippen LogP contribution in [0.25, 0.3) is 0 Å². The highest BCUT2D eigenvalue weighted by molar-refractivity contribution is 5.80. The lowest BCUT2D eigenvalue weighted by Gasteiger charge is -2.21. The van der Waals surface area contributed by atoms with Gasteiger partial charge < -0.3 is 20.6 Å². The van der Waals surface area contributed by atoms with Crippen molar-refractivity contribution in [3.8, 4) is 0 Å². The maximum Gasteiger partial charge on any atom is 0.249 e. The molecule has 1 amide bonds. The van der Waals surface area contributed by atoms with Gasteiger partial charge in [-0.25, -0.2) is 0 Å². The van der Waals surface area contributed by atoms with Crippen LogP contribution in [0.15, 0.2) is 36.5 Å². The van der Waals surface area contributed by atoms with Crippen molar-refractivity contribution in [3.05, 3.63) is 36.5 Å². The molecular weight excluding hydrogens is 486 g/mol. The number of carbonyl (C=O) groups excluding carboxylic acids is 1. The normalized spacial score (nSPS) is 14.5. The first kappa shape index (κ1) is 37.6. The third-order valence-electron chi connectivity index (χ3n) is 7.21. The number of rotatable bonds is 28. The van der Waals surface area contributed by atoms with E-state index in [4.69, 9.17) is 0 Å². The first-order valence-electron chi connectivity index (χ1n) is 16.3. The summed E-state index contributed by atoms with van der Waals surface area (Å²) in [5.74, 6) is -0.524. The zero-order valence-electron chi connectivity index (χ0n) is 25.5. The Bertz CT molecular complexity index is 616. The van der Waals surface area contributed by atoms with Gasteiger partial charge in [-0.2, -0.15) is 0 Å². The van der Waals surface area contributed by atoms with E-state index in [1.54, 1.807) is 6.08 Å². The predicted molar refractivity (Wildman–Crippen MR) is 167 cm³/mol. The van der Waals surface area contributed by atoms with Gasteiger partial charge in [0.1, 0.15) is 6.10 Å². The number of allylic oxidation sites excluding steroid dienone is 5. The van der Waals surface area contributed by atoms with Gasteiger partial charge in [-0.05, 0) is 44.9 Å². The Labute approximate surface area is 241 Å². The molecule has 0 bridgehead atoms. The van der Waals surface area contributed by atoms with Crippen LogP contribution in [0.3, 0.4) is 0 Å². The summed E-state index contributed by atoms with van der Waals surface area (Å²) in [6, 6.07) is -0.814. The standard InChI is InChI=1S/C34H63NO4/c1-3-5-7-9-11-13-14-15-16-17-18-19-20-21-23-24-26-28-32(37)31(30-36)35-34(39)33(38)29-27-25-22-12-10-8-6-4-2/h16-17,20-21,26,28,31-33,36-38H,3-15,18-19,22-25,27,29-30H2,1-2H3,(H,35,39)/b17-16+,21-20+,28-26+. The molecular formula is C34H63NO4. The van der Waals surface area contributed by atoms with Crippen LogP contribution in [-0.4, -0.2) is 46.1 Å². The predicted octanol–water partition coefficient (Wildman–Crippen LogP) is 8.09. The molecule has 3 unspecified atom stereocenters. The van der Waals surface area contributed by atoms with Gasteiger partial charge >= 0.3 is 0 Å². The van der Waals surface area contributed by atoms with Gasteiger partial charge in [0.25, 0.3) is 0 Å². The van der Waals surface area contributed by atoms with Crippen LogP contribution in [0, 0.1) is 0 Å². The summed E-state index contributed by atoms with van der Waals surface area (Å²) in [6.07, 6.45) is 34.5. The van der Waals surface area contributed by atoms with E-state index in [1.165, 1.54) is 83.5 Å². The van der Waals surface area contributed by atoms with Crippen molar-refractivity contribution in [2.24, 2.45) is 0 Å². The average Bonchev–Trinajstić information content (AvgIpc) is 2.94. The molecule has 0 aliphatic heterocycles. The van der Waals surface area contributed by atoms with Crippen LogP contribution in [-0.2, 0) is 4.79 Å². The molecule has 0 aromatic rings. The van der Waals surface area contributed by atoms with Gasteiger partial charge in [0.2, 0.25) is 5.91 Å². The maximum atomic E-state index is 12.3. The Morgan fingerprint density at radius 1 is 0.615 bits per heavy atom. The first-order chi connectivity index (χ1) is 19.1. The molecule has 4 N–H and O–H groups in total. The van der Waals surface area contributed by atoms with Gasteiger partial charge in [-0.3, -0.25) is 4.79 Å². The lowest BCUT2D eigenvalue weighted by atomic mass is 10.0. The highest BCUT2D eigenvalue weighted by Gasteiger charge is 2.22. The fourth-order valence-electron chi connectivity index (χ4n) is 4.57. The third-order valence-corrected chi connectivity index (χ3v) is 7.21. The van der Waals surface area contributed by atoms with Crippen LogP contribution >= 0.6 is 0 Å². The Morgan fingerprint density at radius 3 is 1.56 bits per heavy atom. The molecule has 0 fully saturated rings. The van der Waals surface area contributed by atoms with Crippen LogP contribution in [0.2, 0.25) is 0 Å². The van der Waals surface area contributed by atoms with Gasteiger partial charge in [0.05, 0.1) is 18.8 Å². The summed E-state index contributed by atoms with van der Waals surface area (Å²) in [5, 5.41) is 32.7. The first-order valence-corrected chi connectivity index (χ1v) is 16.3. The molecule has 5 heteroatoms. The summed E-state index contributed by atoms with van der Waals surface area (Å²) in [5.41, 5.74) is 0. The van der Waals surface area contributed by atoms with E-state index >= 15 is 0 Å². The number of unbranched alkanes of at least 4 members (excludes halogenated alkanes) is 16. The smallest absolute Gasteiger partial charge is 0.249 e. The van der Waals surface area contributed by atoms with Crippen molar-refractivity contribution in [2.45, 2.75) is 167 Å².